The average molecular weight is 596 g/mol. The number of rotatable bonds is 11. The van der Waals surface area contributed by atoms with Crippen LogP contribution in [0.4, 0.5) is 5.69 Å². The van der Waals surface area contributed by atoms with Gasteiger partial charge in [-0.2, -0.15) is 0 Å². The molecular weight excluding hydrogens is 558 g/mol. The first-order chi connectivity index (χ1) is 19.6. The van der Waals surface area contributed by atoms with Gasteiger partial charge in [0.05, 0.1) is 10.6 Å². The van der Waals surface area contributed by atoms with Crippen LogP contribution in [0.2, 0.25) is 5.02 Å². The highest BCUT2D eigenvalue weighted by molar-refractivity contribution is 7.92. The third kappa shape index (κ3) is 7.49. The van der Waals surface area contributed by atoms with Crippen LogP contribution in [0.25, 0.3) is 0 Å². The van der Waals surface area contributed by atoms with E-state index in [-0.39, 0.29) is 23.4 Å². The van der Waals surface area contributed by atoms with Gasteiger partial charge in [0, 0.05) is 17.6 Å². The van der Waals surface area contributed by atoms with Crippen molar-refractivity contribution in [2.75, 3.05) is 10.8 Å². The first-order valence-corrected chi connectivity index (χ1v) is 15.9. The van der Waals surface area contributed by atoms with Crippen molar-refractivity contribution in [1.29, 1.82) is 0 Å². The molecule has 2 amide bonds. The van der Waals surface area contributed by atoms with E-state index < -0.39 is 28.5 Å². The predicted molar refractivity (Wildman–Crippen MR) is 163 cm³/mol. The van der Waals surface area contributed by atoms with Gasteiger partial charge in [0.15, 0.2) is 0 Å². The Bertz CT molecular complexity index is 1460. The number of anilines is 1. The third-order valence-corrected chi connectivity index (χ3v) is 9.62. The summed E-state index contributed by atoms with van der Waals surface area (Å²) < 4.78 is 29.2. The molecule has 3 aromatic rings. The van der Waals surface area contributed by atoms with Crippen molar-refractivity contribution in [2.24, 2.45) is 0 Å². The standard InChI is InChI=1S/C32H38ClN3O4S/c1-4-29(32(38)34-27-12-8-9-13-27)35(21-25-10-6-5-7-11-25)31(37)22-36(30-20-26(33)17-16-24(30)3)41(39,40)28-18-14-23(2)15-19-28/h5-7,10-11,14-20,27,29H,4,8-9,12-13,21-22H2,1-3H3,(H,34,38). The van der Waals surface area contributed by atoms with Gasteiger partial charge in [-0.1, -0.05) is 85.5 Å². The number of hydrogen-bond donors (Lipinski definition) is 1. The van der Waals surface area contributed by atoms with E-state index in [1.165, 1.54) is 17.0 Å². The van der Waals surface area contributed by atoms with Gasteiger partial charge in [0.1, 0.15) is 12.6 Å². The summed E-state index contributed by atoms with van der Waals surface area (Å²) in [4.78, 5) is 29.3. The number of carbonyl (C=O) groups excluding carboxylic acids is 2. The molecule has 7 nitrogen and oxygen atoms in total. The molecule has 0 saturated heterocycles. The Labute approximate surface area is 248 Å². The highest BCUT2D eigenvalue weighted by Crippen LogP contribution is 2.30. The molecule has 0 heterocycles. The molecule has 0 aliphatic heterocycles. The average Bonchev–Trinajstić information content (AvgIpc) is 3.46. The lowest BCUT2D eigenvalue weighted by molar-refractivity contribution is -0.140. The lowest BCUT2D eigenvalue weighted by Crippen LogP contribution is -2.53. The second-order valence-electron chi connectivity index (χ2n) is 10.7. The number of nitrogens with one attached hydrogen (secondary N) is 1. The van der Waals surface area contributed by atoms with Crippen molar-refractivity contribution in [1.82, 2.24) is 10.2 Å². The van der Waals surface area contributed by atoms with Crippen molar-refractivity contribution < 1.29 is 18.0 Å². The van der Waals surface area contributed by atoms with Gasteiger partial charge < -0.3 is 10.2 Å². The van der Waals surface area contributed by atoms with E-state index in [4.69, 9.17) is 11.6 Å². The van der Waals surface area contributed by atoms with Gasteiger partial charge in [-0.3, -0.25) is 13.9 Å². The Morgan fingerprint density at radius 2 is 1.63 bits per heavy atom. The smallest absolute Gasteiger partial charge is 0.264 e. The monoisotopic (exact) mass is 595 g/mol. The topological polar surface area (TPSA) is 86.8 Å². The zero-order valence-electron chi connectivity index (χ0n) is 23.8. The molecule has 1 aliphatic carbocycles. The number of benzene rings is 3. The number of sulfonamides is 1. The Balaban J connectivity index is 1.73. The molecule has 1 unspecified atom stereocenters. The fourth-order valence-electron chi connectivity index (χ4n) is 5.27. The quantitative estimate of drug-likeness (QED) is 0.294. The maximum Gasteiger partial charge on any atom is 0.264 e. The highest BCUT2D eigenvalue weighted by Gasteiger charge is 2.35. The number of carbonyl (C=O) groups is 2. The summed E-state index contributed by atoms with van der Waals surface area (Å²) >= 11 is 6.31. The first kappa shape index (κ1) is 30.6. The largest absolute Gasteiger partial charge is 0.352 e. The van der Waals surface area contributed by atoms with Crippen LogP contribution in [-0.4, -0.2) is 43.8 Å². The van der Waals surface area contributed by atoms with Crippen molar-refractivity contribution in [2.45, 2.75) is 76.4 Å². The van der Waals surface area contributed by atoms with E-state index in [0.717, 1.165) is 41.1 Å². The normalized spacial score (nSPS) is 14.4. The number of aryl methyl sites for hydroxylation is 2. The van der Waals surface area contributed by atoms with Crippen LogP contribution in [-0.2, 0) is 26.2 Å². The number of amides is 2. The lowest BCUT2D eigenvalue weighted by atomic mass is 10.1. The Kier molecular flexibility index (Phi) is 10.1. The minimum atomic E-state index is -4.16. The highest BCUT2D eigenvalue weighted by atomic mass is 35.5. The molecule has 9 heteroatoms. The molecule has 3 aromatic carbocycles. The third-order valence-electron chi connectivity index (χ3n) is 7.61. The summed E-state index contributed by atoms with van der Waals surface area (Å²) in [5.41, 5.74) is 2.73. The van der Waals surface area contributed by atoms with E-state index in [1.54, 1.807) is 37.3 Å². The van der Waals surface area contributed by atoms with Crippen LogP contribution in [0, 0.1) is 13.8 Å². The zero-order chi connectivity index (χ0) is 29.6. The predicted octanol–water partition coefficient (Wildman–Crippen LogP) is 6.02. The molecule has 1 aliphatic rings. The minimum Gasteiger partial charge on any atom is -0.352 e. The second-order valence-corrected chi connectivity index (χ2v) is 13.0. The fraction of sp³-hybridized carbons (Fsp3) is 0.375. The molecule has 1 atom stereocenters. The van der Waals surface area contributed by atoms with Crippen LogP contribution in [0.1, 0.15) is 55.7 Å². The maximum absolute atomic E-state index is 14.2. The fourth-order valence-corrected chi connectivity index (χ4v) is 6.91. The second kappa shape index (κ2) is 13.5. The van der Waals surface area contributed by atoms with Crippen LogP contribution in [0.5, 0.6) is 0 Å². The SMILES string of the molecule is CCC(C(=O)NC1CCCC1)N(Cc1ccccc1)C(=O)CN(c1cc(Cl)ccc1C)S(=O)(=O)c1ccc(C)cc1. The summed E-state index contributed by atoms with van der Waals surface area (Å²) in [6.45, 7) is 5.20. The minimum absolute atomic E-state index is 0.0657. The summed E-state index contributed by atoms with van der Waals surface area (Å²) in [6.07, 6.45) is 4.37. The Morgan fingerprint density at radius 3 is 2.27 bits per heavy atom. The van der Waals surface area contributed by atoms with Gasteiger partial charge in [-0.15, -0.1) is 0 Å². The van der Waals surface area contributed by atoms with Gasteiger partial charge in [0.25, 0.3) is 10.0 Å². The van der Waals surface area contributed by atoms with Gasteiger partial charge >= 0.3 is 0 Å². The van der Waals surface area contributed by atoms with E-state index in [1.807, 2.05) is 44.2 Å². The summed E-state index contributed by atoms with van der Waals surface area (Å²) in [5.74, 6) is -0.687. The van der Waals surface area contributed by atoms with Crippen LogP contribution >= 0.6 is 11.6 Å². The molecule has 0 bridgehead atoms. The van der Waals surface area contributed by atoms with Gasteiger partial charge in [-0.05, 0) is 68.5 Å². The summed E-state index contributed by atoms with van der Waals surface area (Å²) in [7, 11) is -4.16. The first-order valence-electron chi connectivity index (χ1n) is 14.1. The molecule has 41 heavy (non-hydrogen) atoms. The molecule has 1 N–H and O–H groups in total. The van der Waals surface area contributed by atoms with Crippen LogP contribution < -0.4 is 9.62 Å². The number of nitrogens with zero attached hydrogens (tertiary/aromatic N) is 2. The maximum atomic E-state index is 14.2. The lowest BCUT2D eigenvalue weighted by Gasteiger charge is -2.34. The van der Waals surface area contributed by atoms with Crippen molar-refractivity contribution >= 4 is 39.1 Å². The Morgan fingerprint density at radius 1 is 0.976 bits per heavy atom. The van der Waals surface area contributed by atoms with Crippen molar-refractivity contribution in [3.05, 3.63) is 94.5 Å². The molecular formula is C32H38ClN3O4S. The Hall–Kier alpha value is -3.36. The van der Waals surface area contributed by atoms with Gasteiger partial charge in [-0.25, -0.2) is 8.42 Å². The molecule has 0 spiro atoms. The van der Waals surface area contributed by atoms with Crippen molar-refractivity contribution in [3.63, 3.8) is 0 Å². The summed E-state index contributed by atoms with van der Waals surface area (Å²) in [6, 6.07) is 20.2. The van der Waals surface area contributed by atoms with E-state index in [9.17, 15) is 18.0 Å². The summed E-state index contributed by atoms with van der Waals surface area (Å²) in [5, 5.41) is 3.48. The van der Waals surface area contributed by atoms with E-state index in [0.29, 0.717) is 22.7 Å². The molecule has 1 saturated carbocycles. The van der Waals surface area contributed by atoms with E-state index >= 15 is 0 Å². The van der Waals surface area contributed by atoms with Crippen molar-refractivity contribution in [3.8, 4) is 0 Å². The molecule has 1 fully saturated rings. The molecule has 0 aromatic heterocycles. The van der Waals surface area contributed by atoms with Crippen LogP contribution in [0.3, 0.4) is 0 Å². The molecule has 4 rings (SSSR count). The van der Waals surface area contributed by atoms with Gasteiger partial charge in [0.2, 0.25) is 11.8 Å². The van der Waals surface area contributed by atoms with E-state index in [2.05, 4.69) is 5.32 Å². The number of halogens is 1. The zero-order valence-corrected chi connectivity index (χ0v) is 25.4. The number of hydrogen-bond acceptors (Lipinski definition) is 4. The molecule has 218 valence electrons. The van der Waals surface area contributed by atoms with Crippen LogP contribution in [0.15, 0.2) is 77.7 Å². The molecule has 0 radical (unpaired) electrons.